The molecule has 1 saturated carbocycles. The maximum atomic E-state index is 13.0. The summed E-state index contributed by atoms with van der Waals surface area (Å²) in [7, 11) is 0. The number of nitrogens with zero attached hydrogens (tertiary/aromatic N) is 2. The number of hydrogen-bond acceptors (Lipinski definition) is 2. The van der Waals surface area contributed by atoms with Gasteiger partial charge < -0.3 is 4.90 Å². The first kappa shape index (κ1) is 14.1. The van der Waals surface area contributed by atoms with Gasteiger partial charge in [-0.15, -0.1) is 0 Å². The van der Waals surface area contributed by atoms with Gasteiger partial charge in [0.1, 0.15) is 0 Å². The highest BCUT2D eigenvalue weighted by Gasteiger charge is 2.39. The van der Waals surface area contributed by atoms with E-state index in [1.54, 1.807) is 0 Å². The molecule has 1 aliphatic heterocycles. The fourth-order valence-corrected chi connectivity index (χ4v) is 4.41. The largest absolute Gasteiger partial charge is 0.334 e. The molecule has 0 bridgehead atoms. The van der Waals surface area contributed by atoms with Crippen LogP contribution in [-0.4, -0.2) is 33.6 Å². The Labute approximate surface area is 134 Å². The van der Waals surface area contributed by atoms with E-state index in [1.165, 1.54) is 19.3 Å². The van der Waals surface area contributed by atoms with Crippen LogP contribution < -0.4 is 0 Å². The van der Waals surface area contributed by atoms with E-state index in [0.717, 1.165) is 29.8 Å². The van der Waals surface area contributed by atoms with Crippen LogP contribution in [0.5, 0.6) is 0 Å². The van der Waals surface area contributed by atoms with Gasteiger partial charge in [0.15, 0.2) is 5.69 Å². The molecule has 2 heterocycles. The van der Waals surface area contributed by atoms with Crippen LogP contribution in [0.3, 0.4) is 0 Å². The molecule has 0 radical (unpaired) electrons. The summed E-state index contributed by atoms with van der Waals surface area (Å²) >= 11 is 6.00. The van der Waals surface area contributed by atoms with Gasteiger partial charge in [0.05, 0.1) is 5.52 Å². The molecule has 2 unspecified atom stereocenters. The van der Waals surface area contributed by atoms with Crippen molar-refractivity contribution in [2.45, 2.75) is 38.6 Å². The molecule has 0 spiro atoms. The van der Waals surface area contributed by atoms with Crippen LogP contribution in [0.2, 0.25) is 5.02 Å². The molecule has 2 aromatic rings. The average Bonchev–Trinajstić information content (AvgIpc) is 3.11. The standard InChI is InChI=1S/C17H20ClN3O/c1-10-7-11-3-2-4-12(11)9-21(10)17(22)16-14-6-5-13(18)8-15(14)19-20-16/h5-6,8,10-12H,2-4,7,9H2,1H3,(H,19,20)/t10?,11-,12?/m1/s1. The molecular formula is C17H20ClN3O. The predicted molar refractivity (Wildman–Crippen MR) is 87.1 cm³/mol. The third-order valence-corrected chi connectivity index (χ3v) is 5.65. The number of amides is 1. The van der Waals surface area contributed by atoms with Crippen molar-refractivity contribution in [3.63, 3.8) is 0 Å². The van der Waals surface area contributed by atoms with Gasteiger partial charge >= 0.3 is 0 Å². The van der Waals surface area contributed by atoms with E-state index in [9.17, 15) is 4.79 Å². The monoisotopic (exact) mass is 317 g/mol. The van der Waals surface area contributed by atoms with E-state index >= 15 is 0 Å². The molecule has 2 aliphatic rings. The number of aromatic amines is 1. The summed E-state index contributed by atoms with van der Waals surface area (Å²) in [6.07, 6.45) is 5.04. The van der Waals surface area contributed by atoms with Gasteiger partial charge in [0.25, 0.3) is 5.91 Å². The van der Waals surface area contributed by atoms with Crippen LogP contribution in [0.25, 0.3) is 10.9 Å². The van der Waals surface area contributed by atoms with Gasteiger partial charge in [-0.05, 0) is 49.8 Å². The second kappa shape index (κ2) is 5.27. The number of H-pyrrole nitrogens is 1. The molecule has 22 heavy (non-hydrogen) atoms. The molecule has 3 atom stereocenters. The van der Waals surface area contributed by atoms with Crippen LogP contribution in [0, 0.1) is 11.8 Å². The van der Waals surface area contributed by atoms with E-state index in [1.807, 2.05) is 23.1 Å². The number of rotatable bonds is 1. The van der Waals surface area contributed by atoms with Crippen molar-refractivity contribution in [2.24, 2.45) is 11.8 Å². The average molecular weight is 318 g/mol. The van der Waals surface area contributed by atoms with Crippen molar-refractivity contribution >= 4 is 28.4 Å². The van der Waals surface area contributed by atoms with E-state index in [-0.39, 0.29) is 5.91 Å². The van der Waals surface area contributed by atoms with Crippen molar-refractivity contribution in [3.05, 3.63) is 28.9 Å². The summed E-state index contributed by atoms with van der Waals surface area (Å²) in [5.41, 5.74) is 1.34. The van der Waals surface area contributed by atoms with Crippen LogP contribution in [-0.2, 0) is 0 Å². The van der Waals surface area contributed by atoms with Gasteiger partial charge in [-0.2, -0.15) is 5.10 Å². The van der Waals surface area contributed by atoms with Crippen molar-refractivity contribution in [3.8, 4) is 0 Å². The number of carbonyl (C=O) groups excluding carboxylic acids is 1. The number of likely N-dealkylation sites (tertiary alicyclic amines) is 1. The number of hydrogen-bond donors (Lipinski definition) is 1. The number of aromatic nitrogens is 2. The molecule has 1 aliphatic carbocycles. The summed E-state index contributed by atoms with van der Waals surface area (Å²) in [4.78, 5) is 15.0. The Morgan fingerprint density at radius 2 is 2.18 bits per heavy atom. The topological polar surface area (TPSA) is 49.0 Å². The van der Waals surface area contributed by atoms with Crippen LogP contribution in [0.4, 0.5) is 0 Å². The molecule has 1 amide bonds. The Balaban J connectivity index is 1.65. The number of carbonyl (C=O) groups is 1. The summed E-state index contributed by atoms with van der Waals surface area (Å²) in [6, 6.07) is 5.79. The number of halogens is 1. The highest BCUT2D eigenvalue weighted by molar-refractivity contribution is 6.31. The maximum absolute atomic E-state index is 13.0. The second-order valence-electron chi connectivity index (χ2n) is 6.76. The number of fused-ring (bicyclic) bond motifs is 2. The Bertz CT molecular complexity index is 726. The lowest BCUT2D eigenvalue weighted by molar-refractivity contribution is 0.0478. The van der Waals surface area contributed by atoms with Gasteiger partial charge in [-0.1, -0.05) is 24.4 Å². The van der Waals surface area contributed by atoms with Crippen LogP contribution in [0.1, 0.15) is 43.1 Å². The molecule has 1 saturated heterocycles. The molecule has 1 aromatic carbocycles. The fraction of sp³-hybridized carbons (Fsp3) is 0.529. The summed E-state index contributed by atoms with van der Waals surface area (Å²) in [6.45, 7) is 3.05. The smallest absolute Gasteiger partial charge is 0.275 e. The third-order valence-electron chi connectivity index (χ3n) is 5.41. The minimum absolute atomic E-state index is 0.0476. The molecule has 1 N–H and O–H groups in total. The zero-order chi connectivity index (χ0) is 15.3. The normalized spacial score (nSPS) is 28.1. The Morgan fingerprint density at radius 3 is 3.05 bits per heavy atom. The third kappa shape index (κ3) is 2.21. The highest BCUT2D eigenvalue weighted by atomic mass is 35.5. The molecule has 5 heteroatoms. The first-order chi connectivity index (χ1) is 10.6. The number of piperidine rings is 1. The van der Waals surface area contributed by atoms with Crippen molar-refractivity contribution in [2.75, 3.05) is 6.54 Å². The van der Waals surface area contributed by atoms with E-state index in [2.05, 4.69) is 17.1 Å². The molecule has 116 valence electrons. The SMILES string of the molecule is CC1C[C@H]2CCCC2CN1C(=O)c1n[nH]c2cc(Cl)ccc12. The Kier molecular flexibility index (Phi) is 3.37. The van der Waals surface area contributed by atoms with Gasteiger partial charge in [0, 0.05) is 23.0 Å². The van der Waals surface area contributed by atoms with Crippen LogP contribution >= 0.6 is 11.6 Å². The molecule has 4 nitrogen and oxygen atoms in total. The molecular weight excluding hydrogens is 298 g/mol. The number of benzene rings is 1. The van der Waals surface area contributed by atoms with Gasteiger partial charge in [-0.3, -0.25) is 9.89 Å². The van der Waals surface area contributed by atoms with E-state index in [0.29, 0.717) is 22.7 Å². The van der Waals surface area contributed by atoms with Crippen molar-refractivity contribution in [1.82, 2.24) is 15.1 Å². The van der Waals surface area contributed by atoms with Gasteiger partial charge in [0.2, 0.25) is 0 Å². The Hall–Kier alpha value is -1.55. The predicted octanol–water partition coefficient (Wildman–Crippen LogP) is 3.87. The molecule has 1 aromatic heterocycles. The zero-order valence-electron chi connectivity index (χ0n) is 12.7. The lowest BCUT2D eigenvalue weighted by Crippen LogP contribution is -2.47. The quantitative estimate of drug-likeness (QED) is 0.868. The minimum atomic E-state index is 0.0476. The molecule has 2 fully saturated rings. The van der Waals surface area contributed by atoms with Crippen molar-refractivity contribution in [1.29, 1.82) is 0 Å². The minimum Gasteiger partial charge on any atom is -0.334 e. The van der Waals surface area contributed by atoms with Crippen LogP contribution in [0.15, 0.2) is 18.2 Å². The second-order valence-corrected chi connectivity index (χ2v) is 7.19. The van der Waals surface area contributed by atoms with E-state index < -0.39 is 0 Å². The number of nitrogens with one attached hydrogen (secondary N) is 1. The maximum Gasteiger partial charge on any atom is 0.275 e. The first-order valence-corrected chi connectivity index (χ1v) is 8.46. The lowest BCUT2D eigenvalue weighted by atomic mass is 9.84. The summed E-state index contributed by atoms with van der Waals surface area (Å²) in [5.74, 6) is 1.54. The first-order valence-electron chi connectivity index (χ1n) is 8.08. The summed E-state index contributed by atoms with van der Waals surface area (Å²) < 4.78 is 0. The summed E-state index contributed by atoms with van der Waals surface area (Å²) in [5, 5.41) is 8.69. The molecule has 4 rings (SSSR count). The highest BCUT2D eigenvalue weighted by Crippen LogP contribution is 2.40. The lowest BCUT2D eigenvalue weighted by Gasteiger charge is -2.40. The van der Waals surface area contributed by atoms with Gasteiger partial charge in [-0.25, -0.2) is 0 Å². The van der Waals surface area contributed by atoms with Crippen molar-refractivity contribution < 1.29 is 4.79 Å². The fourth-order valence-electron chi connectivity index (χ4n) is 4.24. The zero-order valence-corrected chi connectivity index (χ0v) is 13.4. The Morgan fingerprint density at radius 1 is 1.36 bits per heavy atom. The van der Waals surface area contributed by atoms with E-state index in [4.69, 9.17) is 11.6 Å².